The lowest BCUT2D eigenvalue weighted by Crippen LogP contribution is -2.30. The van der Waals surface area contributed by atoms with Gasteiger partial charge in [0.1, 0.15) is 0 Å². The molecule has 0 unspecified atom stereocenters. The molecule has 7 nitrogen and oxygen atoms in total. The van der Waals surface area contributed by atoms with Gasteiger partial charge in [-0.2, -0.15) is 0 Å². The minimum atomic E-state index is -4.00. The number of hydrogen-bond acceptors (Lipinski definition) is 4. The number of carbonyl (C=O) groups is 2. The van der Waals surface area contributed by atoms with Crippen LogP contribution < -0.4 is 14.9 Å². The van der Waals surface area contributed by atoms with Crippen molar-refractivity contribution in [3.8, 4) is 0 Å². The van der Waals surface area contributed by atoms with Crippen LogP contribution in [0.1, 0.15) is 22.8 Å². The molecule has 0 aliphatic heterocycles. The van der Waals surface area contributed by atoms with Crippen LogP contribution in [0.2, 0.25) is 0 Å². The molecule has 8 heteroatoms. The van der Waals surface area contributed by atoms with E-state index in [0.717, 1.165) is 5.56 Å². The molecule has 0 aliphatic carbocycles. The summed E-state index contributed by atoms with van der Waals surface area (Å²) in [6.45, 7) is 1.53. The maximum absolute atomic E-state index is 13.8. The van der Waals surface area contributed by atoms with E-state index in [2.05, 4.69) is 10.6 Å². The highest BCUT2D eigenvalue weighted by atomic mass is 32.2. The second-order valence-corrected chi connectivity index (χ2v) is 9.94. The Morgan fingerprint density at radius 1 is 0.722 bits per heavy atom. The van der Waals surface area contributed by atoms with E-state index in [1.54, 1.807) is 60.7 Å². The van der Waals surface area contributed by atoms with Gasteiger partial charge in [0.25, 0.3) is 15.9 Å². The molecule has 4 aromatic carbocycles. The van der Waals surface area contributed by atoms with Crippen LogP contribution in [0.15, 0.2) is 114 Å². The summed E-state index contributed by atoms with van der Waals surface area (Å²) in [5, 5.41) is 5.41. The molecule has 0 atom stereocenters. The van der Waals surface area contributed by atoms with E-state index >= 15 is 0 Å². The van der Waals surface area contributed by atoms with Crippen LogP contribution in [-0.2, 0) is 21.4 Å². The molecule has 0 aromatic heterocycles. The zero-order chi connectivity index (χ0) is 25.5. The van der Waals surface area contributed by atoms with Crippen LogP contribution in [0.4, 0.5) is 17.1 Å². The number of sulfonamides is 1. The molecule has 4 rings (SSSR count). The van der Waals surface area contributed by atoms with Crippen molar-refractivity contribution in [1.82, 2.24) is 0 Å². The van der Waals surface area contributed by atoms with Gasteiger partial charge in [0, 0.05) is 23.9 Å². The van der Waals surface area contributed by atoms with Gasteiger partial charge >= 0.3 is 0 Å². The van der Waals surface area contributed by atoms with Crippen molar-refractivity contribution in [1.29, 1.82) is 0 Å². The van der Waals surface area contributed by atoms with Crippen molar-refractivity contribution in [3.05, 3.63) is 120 Å². The van der Waals surface area contributed by atoms with Crippen LogP contribution in [-0.4, -0.2) is 20.2 Å². The monoisotopic (exact) mass is 499 g/mol. The molecule has 0 spiro atoms. The summed E-state index contributed by atoms with van der Waals surface area (Å²) in [7, 11) is -4.00. The molecule has 0 heterocycles. The lowest BCUT2D eigenvalue weighted by Gasteiger charge is -2.25. The third-order valence-corrected chi connectivity index (χ3v) is 7.11. The van der Waals surface area contributed by atoms with Crippen molar-refractivity contribution < 1.29 is 18.0 Å². The minimum Gasteiger partial charge on any atom is -0.326 e. The van der Waals surface area contributed by atoms with Gasteiger partial charge in [0.2, 0.25) is 5.91 Å². The van der Waals surface area contributed by atoms with Gasteiger partial charge in [-0.15, -0.1) is 0 Å². The Morgan fingerprint density at radius 2 is 1.33 bits per heavy atom. The lowest BCUT2D eigenvalue weighted by molar-refractivity contribution is -0.114. The number of carbonyl (C=O) groups excluding carboxylic acids is 2. The number of benzene rings is 4. The van der Waals surface area contributed by atoms with Crippen molar-refractivity contribution in [2.75, 3.05) is 14.9 Å². The molecule has 0 fully saturated rings. The quantitative estimate of drug-likeness (QED) is 0.344. The first-order valence-corrected chi connectivity index (χ1v) is 12.7. The third-order valence-electron chi connectivity index (χ3n) is 5.34. The molecule has 0 bridgehead atoms. The van der Waals surface area contributed by atoms with E-state index in [0.29, 0.717) is 17.1 Å². The number of nitrogens with zero attached hydrogens (tertiary/aromatic N) is 1. The topological polar surface area (TPSA) is 95.6 Å². The number of rotatable bonds is 8. The molecule has 0 saturated heterocycles. The number of nitrogens with one attached hydrogen (secondary N) is 2. The van der Waals surface area contributed by atoms with Crippen LogP contribution in [0.3, 0.4) is 0 Å². The predicted molar refractivity (Wildman–Crippen MR) is 141 cm³/mol. The Morgan fingerprint density at radius 3 is 2.00 bits per heavy atom. The van der Waals surface area contributed by atoms with Gasteiger partial charge in [-0.3, -0.25) is 13.9 Å². The van der Waals surface area contributed by atoms with Gasteiger partial charge in [-0.25, -0.2) is 8.42 Å². The largest absolute Gasteiger partial charge is 0.326 e. The van der Waals surface area contributed by atoms with E-state index in [9.17, 15) is 18.0 Å². The first kappa shape index (κ1) is 24.7. The van der Waals surface area contributed by atoms with Gasteiger partial charge < -0.3 is 10.6 Å². The van der Waals surface area contributed by atoms with Crippen molar-refractivity contribution in [2.24, 2.45) is 0 Å². The molecular formula is C28H25N3O4S. The highest BCUT2D eigenvalue weighted by Crippen LogP contribution is 2.27. The van der Waals surface area contributed by atoms with Gasteiger partial charge in [-0.1, -0.05) is 60.7 Å². The highest BCUT2D eigenvalue weighted by molar-refractivity contribution is 7.92. The smallest absolute Gasteiger partial charge is 0.264 e. The van der Waals surface area contributed by atoms with Crippen molar-refractivity contribution >= 4 is 38.9 Å². The molecule has 36 heavy (non-hydrogen) atoms. The number of amides is 2. The zero-order valence-corrected chi connectivity index (χ0v) is 20.4. The Bertz CT molecular complexity index is 1470. The number of hydrogen-bond donors (Lipinski definition) is 2. The molecule has 4 aromatic rings. The fourth-order valence-corrected chi connectivity index (χ4v) is 5.16. The summed E-state index contributed by atoms with van der Waals surface area (Å²) in [5.74, 6) is -0.698. The Balaban J connectivity index is 1.63. The predicted octanol–water partition coefficient (Wildman–Crippen LogP) is 5.29. The average Bonchev–Trinajstić information content (AvgIpc) is 2.88. The summed E-state index contributed by atoms with van der Waals surface area (Å²) in [5.41, 5.74) is 2.54. The molecule has 2 N–H and O–H groups in total. The first-order valence-electron chi connectivity index (χ1n) is 11.2. The third kappa shape index (κ3) is 5.97. The molecule has 0 aliphatic rings. The molecule has 182 valence electrons. The van der Waals surface area contributed by atoms with E-state index in [4.69, 9.17) is 0 Å². The second-order valence-electron chi connectivity index (χ2n) is 8.08. The summed E-state index contributed by atoms with van der Waals surface area (Å²) in [6, 6.07) is 30.8. The normalized spacial score (nSPS) is 10.9. The Kier molecular flexibility index (Phi) is 7.46. The van der Waals surface area contributed by atoms with Crippen LogP contribution >= 0.6 is 0 Å². The summed E-state index contributed by atoms with van der Waals surface area (Å²) in [4.78, 5) is 24.3. The van der Waals surface area contributed by atoms with Crippen LogP contribution in [0.25, 0.3) is 0 Å². The van der Waals surface area contributed by atoms with E-state index in [1.165, 1.54) is 23.4 Å². The van der Waals surface area contributed by atoms with Gasteiger partial charge in [0.05, 0.1) is 17.1 Å². The molecule has 0 saturated carbocycles. The van der Waals surface area contributed by atoms with Gasteiger partial charge in [0.15, 0.2) is 0 Å². The summed E-state index contributed by atoms with van der Waals surface area (Å²) in [6.07, 6.45) is 0. The summed E-state index contributed by atoms with van der Waals surface area (Å²) < 4.78 is 28.9. The SMILES string of the molecule is CC(=O)Nc1cccc(NC(=O)c2cccc(S(=O)(=O)N(Cc3ccccc3)c3ccccc3)c2)c1. The Labute approximate surface area is 210 Å². The molecule has 2 amide bonds. The maximum Gasteiger partial charge on any atom is 0.264 e. The fourth-order valence-electron chi connectivity index (χ4n) is 3.66. The van der Waals surface area contributed by atoms with Crippen molar-refractivity contribution in [2.45, 2.75) is 18.4 Å². The first-order chi connectivity index (χ1) is 17.3. The molecule has 0 radical (unpaired) electrons. The highest BCUT2D eigenvalue weighted by Gasteiger charge is 2.26. The second kappa shape index (κ2) is 10.9. The van der Waals surface area contributed by atoms with E-state index in [1.807, 2.05) is 36.4 Å². The van der Waals surface area contributed by atoms with Crippen molar-refractivity contribution in [3.63, 3.8) is 0 Å². The summed E-state index contributed by atoms with van der Waals surface area (Å²) >= 11 is 0. The fraction of sp³-hybridized carbons (Fsp3) is 0.0714. The Hall–Kier alpha value is -4.43. The van der Waals surface area contributed by atoms with E-state index in [-0.39, 0.29) is 22.9 Å². The lowest BCUT2D eigenvalue weighted by atomic mass is 10.2. The maximum atomic E-state index is 13.8. The number of para-hydroxylation sites is 1. The minimum absolute atomic E-state index is 0.00179. The zero-order valence-electron chi connectivity index (χ0n) is 19.6. The molecular weight excluding hydrogens is 474 g/mol. The number of anilines is 3. The van der Waals surface area contributed by atoms with E-state index < -0.39 is 15.9 Å². The van der Waals surface area contributed by atoms with Crippen LogP contribution in [0, 0.1) is 0 Å². The van der Waals surface area contributed by atoms with Gasteiger partial charge in [-0.05, 0) is 54.1 Å². The standard InChI is InChI=1S/C28H25N3O4S/c1-21(32)29-24-13-9-14-25(19-24)30-28(33)23-12-8-17-27(18-23)36(34,35)31(26-15-6-3-7-16-26)20-22-10-4-2-5-11-22/h2-19H,20H2,1H3,(H,29,32)(H,30,33). The average molecular weight is 500 g/mol. The van der Waals surface area contributed by atoms with Crippen LogP contribution in [0.5, 0.6) is 0 Å².